The molecule has 0 amide bonds. The second-order valence-electron chi connectivity index (χ2n) is 6.26. The Hall–Kier alpha value is -3.00. The van der Waals surface area contributed by atoms with E-state index in [1.807, 2.05) is 48.5 Å². The molecule has 4 nitrogen and oxygen atoms in total. The van der Waals surface area contributed by atoms with Crippen LogP contribution in [-0.4, -0.2) is 11.9 Å². The first-order valence-corrected chi connectivity index (χ1v) is 9.92. The molecule has 0 aliphatic carbocycles. The van der Waals surface area contributed by atoms with Crippen LogP contribution in [0.5, 0.6) is 5.75 Å². The summed E-state index contributed by atoms with van der Waals surface area (Å²) in [4.78, 5) is 16.5. The highest BCUT2D eigenvalue weighted by atomic mass is 127. The lowest BCUT2D eigenvalue weighted by Crippen LogP contribution is -2.05. The van der Waals surface area contributed by atoms with Crippen LogP contribution in [-0.2, 0) is 16.1 Å². The second-order valence-corrected chi connectivity index (χ2v) is 7.43. The van der Waals surface area contributed by atoms with Crippen molar-refractivity contribution in [1.29, 1.82) is 0 Å². The number of rotatable bonds is 5. The van der Waals surface area contributed by atoms with Crippen molar-refractivity contribution in [3.05, 3.63) is 105 Å². The third-order valence-electron chi connectivity index (χ3n) is 4.24. The first-order chi connectivity index (χ1) is 14.1. The summed E-state index contributed by atoms with van der Waals surface area (Å²) in [6, 6.07) is 21.1. The van der Waals surface area contributed by atoms with Crippen molar-refractivity contribution < 1.29 is 18.7 Å². The first kappa shape index (κ1) is 19.3. The normalized spacial score (nSPS) is 14.6. The fourth-order valence-corrected chi connectivity index (χ4v) is 3.35. The Morgan fingerprint density at radius 1 is 1.03 bits per heavy atom. The molecule has 0 N–H and O–H groups in total. The Bertz CT molecular complexity index is 1140. The quantitative estimate of drug-likeness (QED) is 0.270. The predicted molar refractivity (Wildman–Crippen MR) is 117 cm³/mol. The van der Waals surface area contributed by atoms with E-state index in [0.717, 1.165) is 9.13 Å². The molecule has 144 valence electrons. The van der Waals surface area contributed by atoms with Gasteiger partial charge < -0.3 is 9.47 Å². The van der Waals surface area contributed by atoms with Gasteiger partial charge in [-0.1, -0.05) is 42.5 Å². The van der Waals surface area contributed by atoms with Crippen LogP contribution in [0.2, 0.25) is 0 Å². The minimum absolute atomic E-state index is 0.0815. The number of hydrogen-bond acceptors (Lipinski definition) is 4. The van der Waals surface area contributed by atoms with Gasteiger partial charge in [0.25, 0.3) is 0 Å². The van der Waals surface area contributed by atoms with Gasteiger partial charge in [0.2, 0.25) is 5.90 Å². The lowest BCUT2D eigenvalue weighted by atomic mass is 10.1. The van der Waals surface area contributed by atoms with Crippen LogP contribution in [0.4, 0.5) is 4.39 Å². The smallest absolute Gasteiger partial charge is 0.363 e. The van der Waals surface area contributed by atoms with Gasteiger partial charge in [0.15, 0.2) is 5.70 Å². The van der Waals surface area contributed by atoms with Crippen LogP contribution >= 0.6 is 22.6 Å². The Kier molecular flexibility index (Phi) is 5.71. The zero-order valence-electron chi connectivity index (χ0n) is 15.1. The summed E-state index contributed by atoms with van der Waals surface area (Å²) in [5, 5.41) is 0. The maximum atomic E-state index is 13.4. The molecule has 4 rings (SSSR count). The van der Waals surface area contributed by atoms with Crippen LogP contribution in [0.3, 0.4) is 0 Å². The standard InChI is InChI=1S/C23H15FINO3/c24-18-9-5-8-16(12-18)22-26-20(23(27)29-22)13-15-6-2-4-11-21(15)28-14-17-7-1-3-10-19(17)25/h1-13H,14H2/b20-13-. The van der Waals surface area contributed by atoms with Gasteiger partial charge in [-0.25, -0.2) is 14.2 Å². The molecule has 0 saturated heterocycles. The number of aliphatic imine (C=N–C) groups is 1. The number of esters is 1. The zero-order valence-corrected chi connectivity index (χ0v) is 17.3. The molecule has 1 aliphatic heterocycles. The maximum absolute atomic E-state index is 13.4. The van der Waals surface area contributed by atoms with E-state index in [0.29, 0.717) is 23.5 Å². The Morgan fingerprint density at radius 3 is 2.66 bits per heavy atom. The average molecular weight is 499 g/mol. The van der Waals surface area contributed by atoms with E-state index in [1.165, 1.54) is 18.2 Å². The fourth-order valence-electron chi connectivity index (χ4n) is 2.80. The largest absolute Gasteiger partial charge is 0.488 e. The molecular weight excluding hydrogens is 484 g/mol. The molecule has 1 heterocycles. The lowest BCUT2D eigenvalue weighted by molar-refractivity contribution is -0.129. The summed E-state index contributed by atoms with van der Waals surface area (Å²) in [6.07, 6.45) is 1.61. The van der Waals surface area contributed by atoms with E-state index in [-0.39, 0.29) is 11.6 Å². The number of halogens is 2. The van der Waals surface area contributed by atoms with Crippen LogP contribution in [0, 0.1) is 9.39 Å². The van der Waals surface area contributed by atoms with E-state index >= 15 is 0 Å². The SMILES string of the molecule is O=C1OC(c2cccc(F)c2)=N/C1=C\c1ccccc1OCc1ccccc1I. The molecule has 0 saturated carbocycles. The Balaban J connectivity index is 1.59. The van der Waals surface area contributed by atoms with Gasteiger partial charge in [0, 0.05) is 20.3 Å². The zero-order chi connectivity index (χ0) is 20.2. The predicted octanol–water partition coefficient (Wildman–Crippen LogP) is 5.35. The monoisotopic (exact) mass is 499 g/mol. The number of hydrogen-bond donors (Lipinski definition) is 0. The van der Waals surface area contributed by atoms with Crippen molar-refractivity contribution in [2.45, 2.75) is 6.61 Å². The van der Waals surface area contributed by atoms with Crippen LogP contribution in [0.15, 0.2) is 83.5 Å². The van der Waals surface area contributed by atoms with Crippen molar-refractivity contribution in [3.8, 4) is 5.75 Å². The van der Waals surface area contributed by atoms with Gasteiger partial charge in [-0.2, -0.15) is 0 Å². The summed E-state index contributed by atoms with van der Waals surface area (Å²) < 4.78 is 25.7. The number of carbonyl (C=O) groups excluding carboxylic acids is 1. The molecule has 3 aromatic carbocycles. The molecule has 0 radical (unpaired) electrons. The van der Waals surface area contributed by atoms with E-state index in [9.17, 15) is 9.18 Å². The summed E-state index contributed by atoms with van der Waals surface area (Å²) in [6.45, 7) is 0.404. The van der Waals surface area contributed by atoms with Crippen LogP contribution < -0.4 is 4.74 Å². The Labute approximate surface area is 180 Å². The van der Waals surface area contributed by atoms with E-state index in [2.05, 4.69) is 27.6 Å². The molecular formula is C23H15FINO3. The molecule has 29 heavy (non-hydrogen) atoms. The molecule has 6 heteroatoms. The van der Waals surface area contributed by atoms with E-state index < -0.39 is 11.8 Å². The third kappa shape index (κ3) is 4.54. The fraction of sp³-hybridized carbons (Fsp3) is 0.0435. The number of cyclic esters (lactones) is 1. The third-order valence-corrected chi connectivity index (χ3v) is 5.30. The molecule has 0 bridgehead atoms. The Morgan fingerprint density at radius 2 is 1.83 bits per heavy atom. The minimum Gasteiger partial charge on any atom is -0.488 e. The van der Waals surface area contributed by atoms with Crippen molar-refractivity contribution in [2.75, 3.05) is 0 Å². The highest BCUT2D eigenvalue weighted by Gasteiger charge is 2.24. The van der Waals surface area contributed by atoms with Gasteiger partial charge in [-0.15, -0.1) is 0 Å². The number of carbonyl (C=O) groups is 1. The minimum atomic E-state index is -0.586. The first-order valence-electron chi connectivity index (χ1n) is 8.84. The average Bonchev–Trinajstić information content (AvgIpc) is 3.09. The molecule has 1 aliphatic rings. The summed E-state index contributed by atoms with van der Waals surface area (Å²) in [5.74, 6) is -0.301. The molecule has 3 aromatic rings. The number of nitrogens with zero attached hydrogens (tertiary/aromatic N) is 1. The number of benzene rings is 3. The van der Waals surface area contributed by atoms with Gasteiger partial charge in [0.1, 0.15) is 18.2 Å². The molecule has 0 aromatic heterocycles. The van der Waals surface area contributed by atoms with Gasteiger partial charge in [-0.05, 0) is 59.0 Å². The molecule has 0 spiro atoms. The summed E-state index contributed by atoms with van der Waals surface area (Å²) in [7, 11) is 0. The number of para-hydroxylation sites is 1. The molecule has 0 fully saturated rings. The maximum Gasteiger partial charge on any atom is 0.363 e. The summed E-state index contributed by atoms with van der Waals surface area (Å²) >= 11 is 2.27. The van der Waals surface area contributed by atoms with E-state index in [4.69, 9.17) is 9.47 Å². The topological polar surface area (TPSA) is 47.9 Å². The lowest BCUT2D eigenvalue weighted by Gasteiger charge is -2.10. The van der Waals surface area contributed by atoms with Gasteiger partial charge >= 0.3 is 5.97 Å². The summed E-state index contributed by atoms with van der Waals surface area (Å²) in [5.41, 5.74) is 2.32. The number of ether oxygens (including phenoxy) is 2. The molecule has 0 unspecified atom stereocenters. The van der Waals surface area contributed by atoms with Gasteiger partial charge in [0.05, 0.1) is 0 Å². The van der Waals surface area contributed by atoms with Crippen molar-refractivity contribution in [1.82, 2.24) is 0 Å². The highest BCUT2D eigenvalue weighted by Crippen LogP contribution is 2.26. The second kappa shape index (κ2) is 8.57. The highest BCUT2D eigenvalue weighted by molar-refractivity contribution is 14.1. The molecule has 0 atom stereocenters. The van der Waals surface area contributed by atoms with Gasteiger partial charge in [-0.3, -0.25) is 0 Å². The van der Waals surface area contributed by atoms with E-state index in [1.54, 1.807) is 12.1 Å². The van der Waals surface area contributed by atoms with Crippen LogP contribution in [0.25, 0.3) is 6.08 Å². The van der Waals surface area contributed by atoms with Crippen molar-refractivity contribution >= 4 is 40.5 Å². The van der Waals surface area contributed by atoms with Crippen molar-refractivity contribution in [3.63, 3.8) is 0 Å². The van der Waals surface area contributed by atoms with Crippen LogP contribution in [0.1, 0.15) is 16.7 Å². The van der Waals surface area contributed by atoms with Crippen molar-refractivity contribution in [2.24, 2.45) is 4.99 Å².